The zero-order chi connectivity index (χ0) is 26.3. The third-order valence-electron chi connectivity index (χ3n) is 7.62. The SMILES string of the molecule is O=C(NC1CCCC1)c1nn(-c2ccccc2Cl)c(Oc2ccc(Cl)cc2)c1CNC1CCCCCCC1. The molecule has 0 saturated heterocycles. The lowest BCUT2D eigenvalue weighted by Crippen LogP contribution is -2.34. The Morgan fingerprint density at radius 2 is 1.50 bits per heavy atom. The van der Waals surface area contributed by atoms with Crippen molar-refractivity contribution in [3.05, 3.63) is 69.8 Å². The highest BCUT2D eigenvalue weighted by atomic mass is 35.5. The summed E-state index contributed by atoms with van der Waals surface area (Å²) in [6, 6.07) is 15.3. The average Bonchev–Trinajstić information content (AvgIpc) is 3.53. The minimum atomic E-state index is -0.168. The van der Waals surface area contributed by atoms with Crippen LogP contribution in [-0.4, -0.2) is 27.8 Å². The summed E-state index contributed by atoms with van der Waals surface area (Å²) >= 11 is 12.7. The molecule has 2 aliphatic carbocycles. The summed E-state index contributed by atoms with van der Waals surface area (Å²) in [5.74, 6) is 0.922. The van der Waals surface area contributed by atoms with E-state index in [4.69, 9.17) is 33.0 Å². The summed E-state index contributed by atoms with van der Waals surface area (Å²) in [4.78, 5) is 13.6. The number of ether oxygens (including phenoxy) is 1. The molecule has 8 heteroatoms. The Balaban J connectivity index is 1.54. The van der Waals surface area contributed by atoms with Crippen LogP contribution in [0.1, 0.15) is 86.7 Å². The monoisotopic (exact) mass is 554 g/mol. The smallest absolute Gasteiger partial charge is 0.272 e. The molecule has 0 spiro atoms. The number of carbonyl (C=O) groups excluding carboxylic acids is 1. The number of carbonyl (C=O) groups is 1. The van der Waals surface area contributed by atoms with Crippen molar-refractivity contribution in [2.75, 3.05) is 0 Å². The van der Waals surface area contributed by atoms with E-state index in [1.807, 2.05) is 36.4 Å². The van der Waals surface area contributed by atoms with E-state index in [9.17, 15) is 4.79 Å². The molecule has 5 rings (SSSR count). The number of nitrogens with zero attached hydrogens (tertiary/aromatic N) is 2. The second-order valence-electron chi connectivity index (χ2n) is 10.4. The Morgan fingerprint density at radius 3 is 2.21 bits per heavy atom. The third-order valence-corrected chi connectivity index (χ3v) is 8.19. The van der Waals surface area contributed by atoms with Gasteiger partial charge in [-0.1, -0.05) is 80.3 Å². The van der Waals surface area contributed by atoms with E-state index >= 15 is 0 Å². The van der Waals surface area contributed by atoms with Crippen molar-refractivity contribution in [3.8, 4) is 17.3 Å². The van der Waals surface area contributed by atoms with E-state index in [0.717, 1.165) is 44.1 Å². The summed E-state index contributed by atoms with van der Waals surface area (Å²) in [5, 5.41) is 12.9. The zero-order valence-electron chi connectivity index (χ0n) is 21.7. The van der Waals surface area contributed by atoms with Crippen molar-refractivity contribution in [2.45, 2.75) is 89.3 Å². The molecule has 202 valence electrons. The number of aromatic nitrogens is 2. The second kappa shape index (κ2) is 13.0. The maximum absolute atomic E-state index is 13.6. The summed E-state index contributed by atoms with van der Waals surface area (Å²) in [5.41, 5.74) is 1.77. The van der Waals surface area contributed by atoms with Crippen LogP contribution in [0.5, 0.6) is 11.6 Å². The van der Waals surface area contributed by atoms with Gasteiger partial charge in [-0.05, 0) is 62.1 Å². The van der Waals surface area contributed by atoms with Gasteiger partial charge in [0.15, 0.2) is 5.69 Å². The first-order valence-corrected chi connectivity index (χ1v) is 14.7. The van der Waals surface area contributed by atoms with Crippen molar-refractivity contribution >= 4 is 29.1 Å². The van der Waals surface area contributed by atoms with Gasteiger partial charge in [-0.25, -0.2) is 0 Å². The van der Waals surface area contributed by atoms with Gasteiger partial charge >= 0.3 is 0 Å². The Labute approximate surface area is 235 Å². The van der Waals surface area contributed by atoms with Gasteiger partial charge in [-0.2, -0.15) is 9.78 Å². The molecule has 2 saturated carbocycles. The van der Waals surface area contributed by atoms with E-state index in [2.05, 4.69) is 10.6 Å². The van der Waals surface area contributed by atoms with Crippen LogP contribution in [-0.2, 0) is 6.54 Å². The van der Waals surface area contributed by atoms with Crippen molar-refractivity contribution in [2.24, 2.45) is 0 Å². The van der Waals surface area contributed by atoms with Crippen LogP contribution < -0.4 is 15.4 Å². The quantitative estimate of drug-likeness (QED) is 0.297. The van der Waals surface area contributed by atoms with Gasteiger partial charge in [0.2, 0.25) is 5.88 Å². The number of hydrogen-bond acceptors (Lipinski definition) is 4. The molecule has 6 nitrogen and oxygen atoms in total. The minimum Gasteiger partial charge on any atom is -0.439 e. The van der Waals surface area contributed by atoms with E-state index in [1.165, 1.54) is 32.1 Å². The van der Waals surface area contributed by atoms with Crippen LogP contribution in [0.3, 0.4) is 0 Å². The number of rotatable bonds is 8. The summed E-state index contributed by atoms with van der Waals surface area (Å²) in [6.07, 6.45) is 12.9. The standard InChI is InChI=1S/C30H36Cl2N4O2/c31-21-16-18-24(19-17-21)38-30-25(20-33-22-10-4-2-1-3-5-11-22)28(29(37)34-23-12-6-7-13-23)35-36(30)27-15-9-8-14-26(27)32/h8-9,14-19,22-23,33H,1-7,10-13,20H2,(H,34,37). The Hall–Kier alpha value is -2.54. The van der Waals surface area contributed by atoms with E-state index in [1.54, 1.807) is 16.8 Å². The fraction of sp³-hybridized carbons (Fsp3) is 0.467. The first kappa shape index (κ1) is 27.0. The first-order valence-electron chi connectivity index (χ1n) is 13.9. The molecule has 0 radical (unpaired) electrons. The highest BCUT2D eigenvalue weighted by Gasteiger charge is 2.29. The van der Waals surface area contributed by atoms with Gasteiger partial charge in [-0.15, -0.1) is 0 Å². The van der Waals surface area contributed by atoms with Gasteiger partial charge in [0.05, 0.1) is 16.3 Å². The van der Waals surface area contributed by atoms with Crippen molar-refractivity contribution in [1.29, 1.82) is 0 Å². The molecule has 0 bridgehead atoms. The maximum atomic E-state index is 13.6. The predicted octanol–water partition coefficient (Wildman–Crippen LogP) is 7.85. The van der Waals surface area contributed by atoms with Gasteiger partial charge < -0.3 is 15.4 Å². The normalized spacial score (nSPS) is 17.2. The Bertz CT molecular complexity index is 1210. The minimum absolute atomic E-state index is 0.168. The predicted molar refractivity (Wildman–Crippen MR) is 153 cm³/mol. The summed E-state index contributed by atoms with van der Waals surface area (Å²) in [7, 11) is 0. The Morgan fingerprint density at radius 1 is 0.868 bits per heavy atom. The van der Waals surface area contributed by atoms with Gasteiger partial charge in [0, 0.05) is 23.7 Å². The lowest BCUT2D eigenvalue weighted by Gasteiger charge is -2.21. The lowest BCUT2D eigenvalue weighted by atomic mass is 9.96. The number of para-hydroxylation sites is 1. The van der Waals surface area contributed by atoms with Crippen LogP contribution in [0.15, 0.2) is 48.5 Å². The molecule has 0 aliphatic heterocycles. The molecule has 2 aromatic carbocycles. The highest BCUT2D eigenvalue weighted by molar-refractivity contribution is 6.32. The molecule has 1 aromatic heterocycles. The van der Waals surface area contributed by atoms with Gasteiger partial charge in [0.1, 0.15) is 5.75 Å². The first-order chi connectivity index (χ1) is 18.6. The number of halogens is 2. The number of amides is 1. The van der Waals surface area contributed by atoms with E-state index in [0.29, 0.717) is 45.6 Å². The van der Waals surface area contributed by atoms with Crippen molar-refractivity contribution in [1.82, 2.24) is 20.4 Å². The summed E-state index contributed by atoms with van der Waals surface area (Å²) in [6.45, 7) is 0.478. The molecule has 0 unspecified atom stereocenters. The maximum Gasteiger partial charge on any atom is 0.272 e. The molecule has 2 aliphatic rings. The van der Waals surface area contributed by atoms with Crippen LogP contribution in [0, 0.1) is 0 Å². The van der Waals surface area contributed by atoms with Crippen LogP contribution in [0.25, 0.3) is 5.69 Å². The van der Waals surface area contributed by atoms with Gasteiger partial charge in [-0.3, -0.25) is 4.79 Å². The fourth-order valence-electron chi connectivity index (χ4n) is 5.51. The fourth-order valence-corrected chi connectivity index (χ4v) is 5.85. The highest BCUT2D eigenvalue weighted by Crippen LogP contribution is 2.34. The zero-order valence-corrected chi connectivity index (χ0v) is 23.2. The van der Waals surface area contributed by atoms with Crippen molar-refractivity contribution < 1.29 is 9.53 Å². The average molecular weight is 556 g/mol. The van der Waals surface area contributed by atoms with Crippen LogP contribution >= 0.6 is 23.2 Å². The summed E-state index contributed by atoms with van der Waals surface area (Å²) < 4.78 is 8.12. The van der Waals surface area contributed by atoms with Crippen molar-refractivity contribution in [3.63, 3.8) is 0 Å². The molecule has 2 N–H and O–H groups in total. The molecule has 38 heavy (non-hydrogen) atoms. The lowest BCUT2D eigenvalue weighted by molar-refractivity contribution is 0.0931. The molecule has 1 heterocycles. The molecule has 0 atom stereocenters. The second-order valence-corrected chi connectivity index (χ2v) is 11.3. The molecule has 3 aromatic rings. The molecule has 2 fully saturated rings. The van der Waals surface area contributed by atoms with E-state index < -0.39 is 0 Å². The molecular formula is C30H36Cl2N4O2. The van der Waals surface area contributed by atoms with E-state index in [-0.39, 0.29) is 11.9 Å². The topological polar surface area (TPSA) is 68.2 Å². The van der Waals surface area contributed by atoms with Crippen LogP contribution in [0.4, 0.5) is 0 Å². The third kappa shape index (κ3) is 6.71. The molecular weight excluding hydrogens is 519 g/mol. The van der Waals surface area contributed by atoms with Gasteiger partial charge in [0.25, 0.3) is 5.91 Å². The number of hydrogen-bond donors (Lipinski definition) is 2. The number of benzene rings is 2. The van der Waals surface area contributed by atoms with Crippen LogP contribution in [0.2, 0.25) is 10.0 Å². The Kier molecular flexibility index (Phi) is 9.26. The number of nitrogens with one attached hydrogen (secondary N) is 2. The largest absolute Gasteiger partial charge is 0.439 e. The molecule has 1 amide bonds.